The van der Waals surface area contributed by atoms with Crippen molar-refractivity contribution >= 4 is 37.4 Å². The van der Waals surface area contributed by atoms with Crippen LogP contribution in [0.4, 0.5) is 0 Å². The van der Waals surface area contributed by atoms with Crippen LogP contribution < -0.4 is 5.48 Å². The van der Waals surface area contributed by atoms with Crippen molar-refractivity contribution < 1.29 is 18.4 Å². The van der Waals surface area contributed by atoms with Crippen molar-refractivity contribution in [3.8, 4) is 0 Å². The fraction of sp³-hybridized carbons (Fsp3) is 0.471. The molecular formula is C17H22N2O4S2. The summed E-state index contributed by atoms with van der Waals surface area (Å²) in [4.78, 5) is 12.9. The summed E-state index contributed by atoms with van der Waals surface area (Å²) in [6.07, 6.45) is 0.678. The maximum atomic E-state index is 12.8. The van der Waals surface area contributed by atoms with Crippen molar-refractivity contribution in [2.75, 3.05) is 12.3 Å². The number of hydrogen-bond acceptors (Lipinski definition) is 5. The van der Waals surface area contributed by atoms with E-state index in [0.29, 0.717) is 19.5 Å². The summed E-state index contributed by atoms with van der Waals surface area (Å²) < 4.78 is 28.3. The van der Waals surface area contributed by atoms with E-state index in [1.165, 1.54) is 20.0 Å². The van der Waals surface area contributed by atoms with Crippen LogP contribution in [0.5, 0.6) is 0 Å². The Bertz CT molecular complexity index is 889. The minimum Gasteiger partial charge on any atom is -0.289 e. The van der Waals surface area contributed by atoms with Crippen molar-refractivity contribution in [1.29, 1.82) is 0 Å². The van der Waals surface area contributed by atoms with E-state index in [-0.39, 0.29) is 11.7 Å². The van der Waals surface area contributed by atoms with E-state index in [1.54, 1.807) is 30.7 Å². The van der Waals surface area contributed by atoms with Gasteiger partial charge in [-0.3, -0.25) is 10.0 Å². The zero-order chi connectivity index (χ0) is 18.2. The molecule has 2 N–H and O–H groups in total. The van der Waals surface area contributed by atoms with Crippen molar-refractivity contribution in [2.24, 2.45) is 11.8 Å². The van der Waals surface area contributed by atoms with E-state index in [2.05, 4.69) is 12.1 Å². The molecule has 1 aliphatic rings. The SMILES string of the molecule is CC(C)[C@H](CS(=O)(=O)N1CCc2c(sc3ccccc23)C1)C(=O)NO. The maximum absolute atomic E-state index is 12.8. The van der Waals surface area contributed by atoms with Crippen molar-refractivity contribution in [3.63, 3.8) is 0 Å². The van der Waals surface area contributed by atoms with Gasteiger partial charge in [-0.2, -0.15) is 4.31 Å². The lowest BCUT2D eigenvalue weighted by Crippen LogP contribution is -2.43. The molecule has 3 rings (SSSR count). The third-order valence-corrected chi connectivity index (χ3v) is 7.82. The molecule has 0 spiro atoms. The highest BCUT2D eigenvalue weighted by atomic mass is 32.2. The normalized spacial score (nSPS) is 16.8. The Morgan fingerprint density at radius 3 is 2.76 bits per heavy atom. The number of rotatable bonds is 5. The molecule has 0 saturated heterocycles. The van der Waals surface area contributed by atoms with Gasteiger partial charge in [0, 0.05) is 22.7 Å². The number of hydroxylamine groups is 1. The van der Waals surface area contributed by atoms with Gasteiger partial charge in [-0.15, -0.1) is 11.3 Å². The van der Waals surface area contributed by atoms with Gasteiger partial charge in [0.15, 0.2) is 0 Å². The van der Waals surface area contributed by atoms with Gasteiger partial charge in [-0.25, -0.2) is 13.9 Å². The van der Waals surface area contributed by atoms with Gasteiger partial charge >= 0.3 is 0 Å². The number of amides is 1. The standard InChI is InChI=1S/C17H22N2O4S2/c1-11(2)14(17(20)18-21)10-25(22,23)19-8-7-13-12-5-3-4-6-15(12)24-16(13)9-19/h3-6,11,14,21H,7-10H2,1-2H3,(H,18,20)/t14-/m0/s1. The number of carbonyl (C=O) groups is 1. The van der Waals surface area contributed by atoms with Gasteiger partial charge in [0.2, 0.25) is 15.9 Å². The summed E-state index contributed by atoms with van der Waals surface area (Å²) in [7, 11) is -3.59. The molecule has 6 nitrogen and oxygen atoms in total. The first-order valence-electron chi connectivity index (χ1n) is 8.24. The molecule has 1 aromatic heterocycles. The second kappa shape index (κ2) is 7.03. The first-order chi connectivity index (χ1) is 11.8. The van der Waals surface area contributed by atoms with Gasteiger partial charge in [0.25, 0.3) is 0 Å². The largest absolute Gasteiger partial charge is 0.289 e. The number of thiophene rings is 1. The lowest BCUT2D eigenvalue weighted by atomic mass is 9.97. The van der Waals surface area contributed by atoms with Gasteiger partial charge < -0.3 is 0 Å². The molecule has 0 fully saturated rings. The fourth-order valence-corrected chi connectivity index (χ4v) is 6.50. The predicted molar refractivity (Wildman–Crippen MR) is 98.0 cm³/mol. The molecule has 0 bridgehead atoms. The molecule has 1 atom stereocenters. The molecule has 0 unspecified atom stereocenters. The average Bonchev–Trinajstić information content (AvgIpc) is 2.96. The minimum absolute atomic E-state index is 0.188. The van der Waals surface area contributed by atoms with Crippen LogP contribution in [0.2, 0.25) is 0 Å². The summed E-state index contributed by atoms with van der Waals surface area (Å²) in [6.45, 7) is 4.32. The minimum atomic E-state index is -3.59. The Kier molecular flexibility index (Phi) is 5.15. The zero-order valence-corrected chi connectivity index (χ0v) is 15.9. The maximum Gasteiger partial charge on any atom is 0.247 e. The van der Waals surface area contributed by atoms with Crippen LogP contribution in [0.15, 0.2) is 24.3 Å². The first kappa shape index (κ1) is 18.3. The van der Waals surface area contributed by atoms with Crippen LogP contribution in [0, 0.1) is 11.8 Å². The number of nitrogens with one attached hydrogen (secondary N) is 1. The van der Waals surface area contributed by atoms with Crippen molar-refractivity contribution in [3.05, 3.63) is 34.7 Å². The predicted octanol–water partition coefficient (Wildman–Crippen LogP) is 2.37. The van der Waals surface area contributed by atoms with Crippen LogP contribution in [0.3, 0.4) is 0 Å². The first-order valence-corrected chi connectivity index (χ1v) is 10.7. The second-order valence-electron chi connectivity index (χ2n) is 6.69. The highest BCUT2D eigenvalue weighted by Gasteiger charge is 2.34. The molecule has 8 heteroatoms. The summed E-state index contributed by atoms with van der Waals surface area (Å²) in [6, 6.07) is 8.12. The smallest absolute Gasteiger partial charge is 0.247 e. The molecule has 0 radical (unpaired) electrons. The monoisotopic (exact) mass is 382 g/mol. The van der Waals surface area contributed by atoms with Gasteiger partial charge in [0.1, 0.15) is 0 Å². The number of sulfonamides is 1. The van der Waals surface area contributed by atoms with Crippen LogP contribution >= 0.6 is 11.3 Å². The molecule has 1 aliphatic heterocycles. The molecule has 0 aliphatic carbocycles. The summed E-state index contributed by atoms with van der Waals surface area (Å²) in [5, 5.41) is 10.1. The Morgan fingerprint density at radius 1 is 1.36 bits per heavy atom. The number of fused-ring (bicyclic) bond motifs is 3. The van der Waals surface area contributed by atoms with Crippen LogP contribution in [-0.2, 0) is 27.8 Å². The van der Waals surface area contributed by atoms with E-state index < -0.39 is 21.8 Å². The van der Waals surface area contributed by atoms with Crippen molar-refractivity contribution in [1.82, 2.24) is 9.79 Å². The molecule has 2 aromatic rings. The molecule has 1 amide bonds. The molecule has 2 heterocycles. The number of hydrogen-bond donors (Lipinski definition) is 2. The van der Waals surface area contributed by atoms with E-state index >= 15 is 0 Å². The fourth-order valence-electron chi connectivity index (χ4n) is 3.25. The Morgan fingerprint density at radius 2 is 2.08 bits per heavy atom. The third kappa shape index (κ3) is 3.57. The topological polar surface area (TPSA) is 86.7 Å². The van der Waals surface area contributed by atoms with E-state index in [1.807, 2.05) is 12.1 Å². The summed E-state index contributed by atoms with van der Waals surface area (Å²) in [5.41, 5.74) is 2.82. The second-order valence-corrected chi connectivity index (χ2v) is 9.84. The van der Waals surface area contributed by atoms with Crippen molar-refractivity contribution in [2.45, 2.75) is 26.8 Å². The number of benzene rings is 1. The molecule has 136 valence electrons. The lowest BCUT2D eigenvalue weighted by molar-refractivity contribution is -0.134. The lowest BCUT2D eigenvalue weighted by Gasteiger charge is -2.28. The molecular weight excluding hydrogens is 360 g/mol. The average molecular weight is 383 g/mol. The molecule has 25 heavy (non-hydrogen) atoms. The van der Waals surface area contributed by atoms with Crippen LogP contribution in [0.1, 0.15) is 24.3 Å². The Hall–Kier alpha value is -1.48. The highest BCUT2D eigenvalue weighted by molar-refractivity contribution is 7.89. The van der Waals surface area contributed by atoms with Crippen LogP contribution in [-0.4, -0.2) is 36.1 Å². The molecule has 0 saturated carbocycles. The Balaban J connectivity index is 1.83. The van der Waals surface area contributed by atoms with E-state index in [0.717, 1.165) is 4.88 Å². The van der Waals surface area contributed by atoms with E-state index in [9.17, 15) is 13.2 Å². The van der Waals surface area contributed by atoms with Crippen LogP contribution in [0.25, 0.3) is 10.1 Å². The third-order valence-electron chi connectivity index (χ3n) is 4.75. The number of nitrogens with zero attached hydrogens (tertiary/aromatic N) is 1. The van der Waals surface area contributed by atoms with Gasteiger partial charge in [-0.1, -0.05) is 32.0 Å². The zero-order valence-electron chi connectivity index (χ0n) is 14.2. The highest BCUT2D eigenvalue weighted by Crippen LogP contribution is 2.36. The van der Waals surface area contributed by atoms with Gasteiger partial charge in [-0.05, 0) is 29.4 Å². The van der Waals surface area contributed by atoms with Gasteiger partial charge in [0.05, 0.1) is 11.7 Å². The number of carbonyl (C=O) groups excluding carboxylic acids is 1. The summed E-state index contributed by atoms with van der Waals surface area (Å²) >= 11 is 1.63. The van der Waals surface area contributed by atoms with E-state index in [4.69, 9.17) is 5.21 Å². The summed E-state index contributed by atoms with van der Waals surface area (Å²) in [5.74, 6) is -1.92. The quantitative estimate of drug-likeness (QED) is 0.614. The Labute approximate surface area is 151 Å². The molecule has 1 aromatic carbocycles.